The van der Waals surface area contributed by atoms with Gasteiger partial charge in [-0.2, -0.15) is 0 Å². The molecule has 0 radical (unpaired) electrons. The van der Waals surface area contributed by atoms with Crippen LogP contribution in [0.2, 0.25) is 0 Å². The van der Waals surface area contributed by atoms with Crippen LogP contribution in [0.5, 0.6) is 0 Å². The second kappa shape index (κ2) is 6.34. The highest BCUT2D eigenvalue weighted by atomic mass is 16.5. The molecule has 2 fully saturated rings. The van der Waals surface area contributed by atoms with Gasteiger partial charge in [-0.25, -0.2) is 4.98 Å². The summed E-state index contributed by atoms with van der Waals surface area (Å²) in [5.74, 6) is 0.382. The molecule has 0 unspecified atom stereocenters. The van der Waals surface area contributed by atoms with Crippen molar-refractivity contribution in [2.75, 3.05) is 33.4 Å². The SMILES string of the molecule is COC[C@@H]1CCC[C@@]12CN(C(=O)c1cccc(C)n1)CCO2. The number of hydrogen-bond donors (Lipinski definition) is 0. The van der Waals surface area contributed by atoms with Crippen molar-refractivity contribution >= 4 is 5.91 Å². The Balaban J connectivity index is 1.76. The molecular weight excluding hydrogens is 280 g/mol. The van der Waals surface area contributed by atoms with E-state index >= 15 is 0 Å². The summed E-state index contributed by atoms with van der Waals surface area (Å²) in [6.07, 6.45) is 3.25. The molecule has 22 heavy (non-hydrogen) atoms. The van der Waals surface area contributed by atoms with E-state index in [1.807, 2.05) is 24.0 Å². The molecule has 1 aromatic heterocycles. The Kier molecular flexibility index (Phi) is 4.45. The summed E-state index contributed by atoms with van der Waals surface area (Å²) in [6, 6.07) is 5.58. The van der Waals surface area contributed by atoms with E-state index in [0.717, 1.165) is 25.0 Å². The summed E-state index contributed by atoms with van der Waals surface area (Å²) in [5.41, 5.74) is 1.17. The van der Waals surface area contributed by atoms with Crippen LogP contribution in [0.4, 0.5) is 0 Å². The predicted molar refractivity (Wildman–Crippen MR) is 82.8 cm³/mol. The molecule has 1 spiro atoms. The van der Waals surface area contributed by atoms with Gasteiger partial charge in [0.05, 0.1) is 25.4 Å². The monoisotopic (exact) mass is 304 g/mol. The first-order valence-electron chi connectivity index (χ1n) is 8.00. The summed E-state index contributed by atoms with van der Waals surface area (Å²) in [7, 11) is 1.73. The standard InChI is InChI=1S/C17H24N2O3/c1-13-5-3-7-15(18-13)16(20)19-9-10-22-17(12-19)8-4-6-14(17)11-21-2/h3,5,7,14H,4,6,8-12H2,1-2H3/t14-,17+/m0/s1. The molecule has 3 rings (SSSR count). The summed E-state index contributed by atoms with van der Waals surface area (Å²) in [4.78, 5) is 19.0. The van der Waals surface area contributed by atoms with Gasteiger partial charge in [-0.15, -0.1) is 0 Å². The maximum absolute atomic E-state index is 12.7. The number of carbonyl (C=O) groups is 1. The Hall–Kier alpha value is -1.46. The molecule has 0 bridgehead atoms. The molecule has 1 saturated heterocycles. The van der Waals surface area contributed by atoms with Crippen LogP contribution in [0.25, 0.3) is 0 Å². The van der Waals surface area contributed by atoms with Crippen molar-refractivity contribution in [2.45, 2.75) is 31.8 Å². The van der Waals surface area contributed by atoms with E-state index in [2.05, 4.69) is 4.98 Å². The van der Waals surface area contributed by atoms with E-state index < -0.39 is 0 Å². The van der Waals surface area contributed by atoms with Gasteiger partial charge < -0.3 is 14.4 Å². The van der Waals surface area contributed by atoms with Crippen LogP contribution in [-0.2, 0) is 9.47 Å². The number of morpholine rings is 1. The number of aryl methyl sites for hydroxylation is 1. The first-order chi connectivity index (χ1) is 10.6. The van der Waals surface area contributed by atoms with Crippen molar-refractivity contribution in [2.24, 2.45) is 5.92 Å². The third-order valence-corrected chi connectivity index (χ3v) is 4.87. The zero-order valence-corrected chi connectivity index (χ0v) is 13.4. The van der Waals surface area contributed by atoms with Crippen LogP contribution in [0.3, 0.4) is 0 Å². The van der Waals surface area contributed by atoms with E-state index in [4.69, 9.17) is 9.47 Å². The van der Waals surface area contributed by atoms with Crippen molar-refractivity contribution < 1.29 is 14.3 Å². The van der Waals surface area contributed by atoms with Crippen molar-refractivity contribution in [3.63, 3.8) is 0 Å². The quantitative estimate of drug-likeness (QED) is 0.857. The van der Waals surface area contributed by atoms with Crippen LogP contribution in [0, 0.1) is 12.8 Å². The average Bonchev–Trinajstić information content (AvgIpc) is 2.89. The van der Waals surface area contributed by atoms with Crippen LogP contribution in [0.1, 0.15) is 35.4 Å². The molecule has 1 aliphatic carbocycles. The molecule has 1 amide bonds. The van der Waals surface area contributed by atoms with E-state index in [9.17, 15) is 4.79 Å². The van der Waals surface area contributed by atoms with Gasteiger partial charge in [0.1, 0.15) is 5.69 Å². The minimum Gasteiger partial charge on any atom is -0.384 e. The van der Waals surface area contributed by atoms with Gasteiger partial charge in [-0.1, -0.05) is 12.5 Å². The Morgan fingerprint density at radius 3 is 3.18 bits per heavy atom. The maximum atomic E-state index is 12.7. The Bertz CT molecular complexity index is 548. The number of ether oxygens (including phenoxy) is 2. The summed E-state index contributed by atoms with van der Waals surface area (Å²) >= 11 is 0. The Morgan fingerprint density at radius 2 is 2.41 bits per heavy atom. The fraction of sp³-hybridized carbons (Fsp3) is 0.647. The highest BCUT2D eigenvalue weighted by Gasteiger charge is 2.47. The molecule has 120 valence electrons. The smallest absolute Gasteiger partial charge is 0.272 e. The minimum absolute atomic E-state index is 0.00874. The predicted octanol–water partition coefficient (Wildman–Crippen LogP) is 2.05. The number of nitrogens with zero attached hydrogens (tertiary/aromatic N) is 2. The molecule has 0 aromatic carbocycles. The van der Waals surface area contributed by atoms with Gasteiger partial charge in [0.15, 0.2) is 0 Å². The summed E-state index contributed by atoms with van der Waals surface area (Å²) in [5, 5.41) is 0. The van der Waals surface area contributed by atoms with Crippen molar-refractivity contribution in [3.05, 3.63) is 29.6 Å². The normalized spacial score (nSPS) is 28.3. The molecular formula is C17H24N2O3. The molecule has 1 aliphatic heterocycles. The lowest BCUT2D eigenvalue weighted by Gasteiger charge is -2.43. The van der Waals surface area contributed by atoms with Gasteiger partial charge in [-0.05, 0) is 31.9 Å². The number of amides is 1. The molecule has 2 aliphatic rings. The molecule has 0 N–H and O–H groups in total. The van der Waals surface area contributed by atoms with E-state index in [1.54, 1.807) is 13.2 Å². The average molecular weight is 304 g/mol. The maximum Gasteiger partial charge on any atom is 0.272 e. The van der Waals surface area contributed by atoms with Crippen LogP contribution >= 0.6 is 0 Å². The molecule has 2 heterocycles. The molecule has 5 heteroatoms. The lowest BCUT2D eigenvalue weighted by molar-refractivity contribution is -0.131. The highest BCUT2D eigenvalue weighted by Crippen LogP contribution is 2.41. The first kappa shape index (κ1) is 15.4. The number of carbonyl (C=O) groups excluding carboxylic acids is 1. The first-order valence-corrected chi connectivity index (χ1v) is 8.00. The molecule has 5 nitrogen and oxygen atoms in total. The van der Waals surface area contributed by atoms with Crippen LogP contribution in [0.15, 0.2) is 18.2 Å². The minimum atomic E-state index is -0.228. The Labute approximate surface area is 131 Å². The van der Waals surface area contributed by atoms with Crippen molar-refractivity contribution in [3.8, 4) is 0 Å². The fourth-order valence-electron chi connectivity index (χ4n) is 3.75. The number of hydrogen-bond acceptors (Lipinski definition) is 4. The Morgan fingerprint density at radius 1 is 1.55 bits per heavy atom. The molecule has 2 atom stereocenters. The zero-order chi connectivity index (χ0) is 15.6. The number of pyridine rings is 1. The second-order valence-corrected chi connectivity index (χ2v) is 6.35. The number of rotatable bonds is 3. The van der Waals surface area contributed by atoms with Gasteiger partial charge in [-0.3, -0.25) is 4.79 Å². The van der Waals surface area contributed by atoms with E-state index in [1.165, 1.54) is 0 Å². The molecule has 1 aromatic rings. The largest absolute Gasteiger partial charge is 0.384 e. The highest BCUT2D eigenvalue weighted by molar-refractivity contribution is 5.92. The molecule has 1 saturated carbocycles. The second-order valence-electron chi connectivity index (χ2n) is 6.35. The lowest BCUT2D eigenvalue weighted by Crippen LogP contribution is -2.56. The topological polar surface area (TPSA) is 51.7 Å². The summed E-state index contributed by atoms with van der Waals surface area (Å²) < 4.78 is 11.5. The lowest BCUT2D eigenvalue weighted by atomic mass is 9.89. The summed E-state index contributed by atoms with van der Waals surface area (Å²) in [6.45, 7) is 4.48. The van der Waals surface area contributed by atoms with Crippen molar-refractivity contribution in [1.29, 1.82) is 0 Å². The van der Waals surface area contributed by atoms with E-state index in [-0.39, 0.29) is 11.5 Å². The van der Waals surface area contributed by atoms with Gasteiger partial charge in [0.25, 0.3) is 5.91 Å². The zero-order valence-electron chi connectivity index (χ0n) is 13.4. The van der Waals surface area contributed by atoms with Crippen molar-refractivity contribution in [1.82, 2.24) is 9.88 Å². The van der Waals surface area contributed by atoms with Crippen LogP contribution < -0.4 is 0 Å². The van der Waals surface area contributed by atoms with Gasteiger partial charge >= 0.3 is 0 Å². The van der Waals surface area contributed by atoms with Crippen LogP contribution in [-0.4, -0.2) is 54.8 Å². The third kappa shape index (κ3) is 2.88. The number of methoxy groups -OCH3 is 1. The fourth-order valence-corrected chi connectivity index (χ4v) is 3.75. The van der Waals surface area contributed by atoms with Gasteiger partial charge in [0.2, 0.25) is 0 Å². The van der Waals surface area contributed by atoms with E-state index in [0.29, 0.717) is 37.9 Å². The third-order valence-electron chi connectivity index (χ3n) is 4.87. The van der Waals surface area contributed by atoms with Gasteiger partial charge in [0, 0.05) is 25.3 Å². The number of aromatic nitrogens is 1.